The number of benzene rings is 2. The third-order valence-electron chi connectivity index (χ3n) is 2.74. The molecule has 0 spiro atoms. The first-order valence-electron chi connectivity index (χ1n) is 5.63. The normalized spacial score (nSPS) is 10.2. The second-order valence-corrected chi connectivity index (χ2v) is 5.35. The summed E-state index contributed by atoms with van der Waals surface area (Å²) in [6.07, 6.45) is 0. The third-order valence-corrected chi connectivity index (χ3v) is 3.65. The van der Waals surface area contributed by atoms with Crippen molar-refractivity contribution in [3.8, 4) is 5.75 Å². The molecule has 98 valence electrons. The highest BCUT2D eigenvalue weighted by Crippen LogP contribution is 2.22. The van der Waals surface area contributed by atoms with Crippen LogP contribution in [0.4, 0.5) is 11.4 Å². The molecule has 19 heavy (non-hydrogen) atoms. The van der Waals surface area contributed by atoms with Crippen LogP contribution in [0.15, 0.2) is 36.4 Å². The number of phenols is 1. The summed E-state index contributed by atoms with van der Waals surface area (Å²) in [5.74, 6) is -0.169. The molecular weight excluding hydrogens is 355 g/mol. The number of hydrogen-bond donors (Lipinski definition) is 3. The highest BCUT2D eigenvalue weighted by molar-refractivity contribution is 14.1. The number of amides is 1. The molecule has 0 atom stereocenters. The highest BCUT2D eigenvalue weighted by atomic mass is 127. The minimum atomic E-state index is -0.268. The molecule has 0 bridgehead atoms. The summed E-state index contributed by atoms with van der Waals surface area (Å²) in [6.45, 7) is 1.88. The molecule has 0 aliphatic carbocycles. The van der Waals surface area contributed by atoms with Crippen molar-refractivity contribution in [1.29, 1.82) is 0 Å². The van der Waals surface area contributed by atoms with Crippen molar-refractivity contribution >= 4 is 39.9 Å². The number of aryl methyl sites for hydroxylation is 1. The van der Waals surface area contributed by atoms with Gasteiger partial charge in [0.2, 0.25) is 0 Å². The molecule has 0 aliphatic heterocycles. The predicted molar refractivity (Wildman–Crippen MR) is 84.4 cm³/mol. The number of nitrogen functional groups attached to an aromatic ring is 1. The Morgan fingerprint density at radius 2 is 2.00 bits per heavy atom. The zero-order chi connectivity index (χ0) is 14.0. The van der Waals surface area contributed by atoms with E-state index in [0.29, 0.717) is 20.5 Å². The molecule has 0 radical (unpaired) electrons. The van der Waals surface area contributed by atoms with E-state index in [9.17, 15) is 9.90 Å². The van der Waals surface area contributed by atoms with E-state index in [1.54, 1.807) is 30.3 Å². The summed E-state index contributed by atoms with van der Waals surface area (Å²) in [6, 6.07) is 10.1. The maximum Gasteiger partial charge on any atom is 0.255 e. The van der Waals surface area contributed by atoms with Crippen molar-refractivity contribution in [3.63, 3.8) is 0 Å². The Labute approximate surface area is 124 Å². The maximum atomic E-state index is 12.0. The molecule has 0 heterocycles. The van der Waals surface area contributed by atoms with Gasteiger partial charge in [0.25, 0.3) is 5.91 Å². The van der Waals surface area contributed by atoms with E-state index in [4.69, 9.17) is 5.73 Å². The molecule has 0 saturated carbocycles. The lowest BCUT2D eigenvalue weighted by Gasteiger charge is -2.08. The van der Waals surface area contributed by atoms with Gasteiger partial charge in [-0.2, -0.15) is 0 Å². The Morgan fingerprint density at radius 1 is 1.26 bits per heavy atom. The van der Waals surface area contributed by atoms with Crippen LogP contribution in [0.3, 0.4) is 0 Å². The van der Waals surface area contributed by atoms with Crippen LogP contribution >= 0.6 is 22.6 Å². The predicted octanol–water partition coefficient (Wildman–Crippen LogP) is 3.14. The zero-order valence-electron chi connectivity index (χ0n) is 10.3. The lowest BCUT2D eigenvalue weighted by atomic mass is 10.1. The molecule has 2 aromatic rings. The van der Waals surface area contributed by atoms with Crippen LogP contribution in [-0.4, -0.2) is 11.0 Å². The first kappa shape index (κ1) is 13.7. The second-order valence-electron chi connectivity index (χ2n) is 4.19. The monoisotopic (exact) mass is 368 g/mol. The molecule has 0 fully saturated rings. The van der Waals surface area contributed by atoms with E-state index < -0.39 is 0 Å². The molecule has 2 rings (SSSR count). The fraction of sp³-hybridized carbons (Fsp3) is 0.0714. The van der Waals surface area contributed by atoms with Crippen LogP contribution in [0.2, 0.25) is 0 Å². The Balaban J connectivity index is 2.20. The summed E-state index contributed by atoms with van der Waals surface area (Å²) in [5.41, 5.74) is 8.40. The quantitative estimate of drug-likeness (QED) is 0.563. The van der Waals surface area contributed by atoms with Gasteiger partial charge in [0.15, 0.2) is 0 Å². The lowest BCUT2D eigenvalue weighted by molar-refractivity contribution is 0.102. The number of carbonyl (C=O) groups excluding carboxylic acids is 1. The summed E-state index contributed by atoms with van der Waals surface area (Å²) < 4.78 is 0.706. The van der Waals surface area contributed by atoms with Gasteiger partial charge < -0.3 is 16.2 Å². The Morgan fingerprint density at radius 3 is 2.63 bits per heavy atom. The van der Waals surface area contributed by atoms with Gasteiger partial charge in [0.05, 0.1) is 3.57 Å². The molecule has 1 amide bonds. The minimum Gasteiger partial charge on any atom is -0.507 e. The number of rotatable bonds is 2. The van der Waals surface area contributed by atoms with Gasteiger partial charge in [-0.05, 0) is 71.5 Å². The van der Waals surface area contributed by atoms with Gasteiger partial charge in [-0.1, -0.05) is 0 Å². The molecule has 0 aromatic heterocycles. The van der Waals surface area contributed by atoms with Gasteiger partial charge in [-0.25, -0.2) is 0 Å². The van der Waals surface area contributed by atoms with Gasteiger partial charge >= 0.3 is 0 Å². The molecule has 2 aromatic carbocycles. The fourth-order valence-corrected chi connectivity index (χ4v) is 1.95. The largest absolute Gasteiger partial charge is 0.507 e. The SMILES string of the molecule is Cc1cc(NC(=O)c2ccc(I)c(O)c2)ccc1N. The van der Waals surface area contributed by atoms with Crippen LogP contribution in [0, 0.1) is 10.5 Å². The van der Waals surface area contributed by atoms with E-state index >= 15 is 0 Å². The molecule has 5 heteroatoms. The third kappa shape index (κ3) is 3.17. The van der Waals surface area contributed by atoms with E-state index in [1.165, 1.54) is 6.07 Å². The number of aromatic hydroxyl groups is 1. The molecule has 0 saturated heterocycles. The van der Waals surface area contributed by atoms with Gasteiger partial charge in [-0.15, -0.1) is 0 Å². The Bertz CT molecular complexity index is 641. The molecule has 4 nitrogen and oxygen atoms in total. The minimum absolute atomic E-state index is 0.0988. The average Bonchev–Trinajstić information content (AvgIpc) is 2.37. The number of carbonyl (C=O) groups is 1. The highest BCUT2D eigenvalue weighted by Gasteiger charge is 2.09. The van der Waals surface area contributed by atoms with Crippen molar-refractivity contribution in [1.82, 2.24) is 0 Å². The number of hydrogen-bond acceptors (Lipinski definition) is 3. The molecule has 0 aliphatic rings. The van der Waals surface area contributed by atoms with E-state index in [-0.39, 0.29) is 11.7 Å². The number of anilines is 2. The molecule has 4 N–H and O–H groups in total. The number of halogens is 1. The van der Waals surface area contributed by atoms with Crippen molar-refractivity contribution in [2.75, 3.05) is 11.1 Å². The van der Waals surface area contributed by atoms with E-state index in [0.717, 1.165) is 5.56 Å². The summed E-state index contributed by atoms with van der Waals surface area (Å²) >= 11 is 2.00. The first-order chi connectivity index (χ1) is 8.97. The Hall–Kier alpha value is -1.76. The second kappa shape index (κ2) is 5.48. The average molecular weight is 368 g/mol. The topological polar surface area (TPSA) is 75.3 Å². The van der Waals surface area contributed by atoms with Crippen molar-refractivity contribution < 1.29 is 9.90 Å². The van der Waals surface area contributed by atoms with Crippen LogP contribution in [0.5, 0.6) is 5.75 Å². The standard InChI is InChI=1S/C14H13IN2O2/c1-8-6-10(3-5-12(8)16)17-14(19)9-2-4-11(15)13(18)7-9/h2-7,18H,16H2,1H3,(H,17,19). The first-order valence-corrected chi connectivity index (χ1v) is 6.71. The van der Waals surface area contributed by atoms with Gasteiger partial charge in [0.1, 0.15) is 5.75 Å². The van der Waals surface area contributed by atoms with E-state index in [2.05, 4.69) is 5.32 Å². The van der Waals surface area contributed by atoms with Crippen LogP contribution in [-0.2, 0) is 0 Å². The number of phenolic OH excluding ortho intramolecular Hbond substituents is 1. The van der Waals surface area contributed by atoms with Gasteiger partial charge in [0, 0.05) is 16.9 Å². The summed E-state index contributed by atoms with van der Waals surface area (Å²) in [5, 5.41) is 12.4. The van der Waals surface area contributed by atoms with Crippen LogP contribution in [0.1, 0.15) is 15.9 Å². The summed E-state index contributed by atoms with van der Waals surface area (Å²) in [4.78, 5) is 12.0. The number of nitrogens with two attached hydrogens (primary N) is 1. The fourth-order valence-electron chi connectivity index (χ4n) is 1.61. The lowest BCUT2D eigenvalue weighted by Crippen LogP contribution is -2.12. The zero-order valence-corrected chi connectivity index (χ0v) is 12.4. The Kier molecular flexibility index (Phi) is 3.94. The van der Waals surface area contributed by atoms with Crippen molar-refractivity contribution in [3.05, 3.63) is 51.1 Å². The van der Waals surface area contributed by atoms with Crippen molar-refractivity contribution in [2.45, 2.75) is 6.92 Å². The van der Waals surface area contributed by atoms with Gasteiger partial charge in [-0.3, -0.25) is 4.79 Å². The molecule has 0 unspecified atom stereocenters. The number of nitrogens with one attached hydrogen (secondary N) is 1. The smallest absolute Gasteiger partial charge is 0.255 e. The maximum absolute atomic E-state index is 12.0. The summed E-state index contributed by atoms with van der Waals surface area (Å²) in [7, 11) is 0. The van der Waals surface area contributed by atoms with E-state index in [1.807, 2.05) is 29.5 Å². The van der Waals surface area contributed by atoms with Crippen LogP contribution < -0.4 is 11.1 Å². The molecular formula is C14H13IN2O2. The van der Waals surface area contributed by atoms with Crippen LogP contribution in [0.25, 0.3) is 0 Å². The van der Waals surface area contributed by atoms with Crippen molar-refractivity contribution in [2.24, 2.45) is 0 Å².